The molecule has 8 nitrogen and oxygen atoms in total. The Labute approximate surface area is 195 Å². The van der Waals surface area contributed by atoms with Crippen LogP contribution in [0.4, 0.5) is 0 Å². The van der Waals surface area contributed by atoms with E-state index in [1.54, 1.807) is 0 Å². The number of carbonyl (C=O) groups is 2. The van der Waals surface area contributed by atoms with Gasteiger partial charge in [-0.2, -0.15) is 0 Å². The largest absolute Gasteiger partial charge is 0.483 e. The maximum Gasteiger partial charge on any atom is 0.290 e. The van der Waals surface area contributed by atoms with Crippen LogP contribution in [-0.2, 0) is 23.2 Å². The van der Waals surface area contributed by atoms with E-state index in [0.29, 0.717) is 0 Å². The lowest BCUT2D eigenvalue weighted by molar-refractivity contribution is -0.123. The van der Waals surface area contributed by atoms with Crippen molar-refractivity contribution in [3.8, 4) is 0 Å². The maximum atomic E-state index is 8.36. The van der Waals surface area contributed by atoms with Crippen LogP contribution in [0, 0.1) is 17.8 Å². The zero-order valence-corrected chi connectivity index (χ0v) is 19.4. The first kappa shape index (κ1) is 23.7. The fourth-order valence-corrected chi connectivity index (χ4v) is 6.73. The maximum absolute atomic E-state index is 8.36. The fourth-order valence-electron chi connectivity index (χ4n) is 6.73. The number of hydrogen-bond donors (Lipinski definition) is 2. The van der Waals surface area contributed by atoms with E-state index in [0.717, 1.165) is 42.0 Å². The number of rotatable bonds is 3. The molecule has 33 heavy (non-hydrogen) atoms. The van der Waals surface area contributed by atoms with Gasteiger partial charge in [-0.3, -0.25) is 19.4 Å². The van der Waals surface area contributed by atoms with Crippen molar-refractivity contribution >= 4 is 24.0 Å². The van der Waals surface area contributed by atoms with Gasteiger partial charge in [0.2, 0.25) is 0 Å². The standard InChI is InChI=1S/C23H32N4.2CH2O2/c1-25-13-19(20-4-3-9-24-23(20)25)15-26-11-16-10-18(14-26)22-6-2-5-21(17-7-8-17)27(22)12-16;2*2-1-3/h3-4,9,13,16-18,21-22H,2,5-8,10-12,14-15H2,1H3;2*1H,(H,2,3)/t16-,18+,21+,22-;;/m0../s1. The van der Waals surface area contributed by atoms with Crippen molar-refractivity contribution in [2.45, 2.75) is 57.2 Å². The van der Waals surface area contributed by atoms with E-state index in [2.05, 4.69) is 44.7 Å². The van der Waals surface area contributed by atoms with Crippen molar-refractivity contribution in [3.63, 3.8) is 0 Å². The highest BCUT2D eigenvalue weighted by Gasteiger charge is 2.47. The second kappa shape index (κ2) is 10.7. The highest BCUT2D eigenvalue weighted by molar-refractivity contribution is 5.80. The third-order valence-corrected chi connectivity index (χ3v) is 7.89. The summed E-state index contributed by atoms with van der Waals surface area (Å²) < 4.78 is 2.19. The zero-order valence-electron chi connectivity index (χ0n) is 19.4. The molecule has 5 heterocycles. The minimum atomic E-state index is -0.250. The SMILES string of the molecule is Cn1cc(CN2C[C@@H]3C[C@H](C2)[C@@H]2CCC[C@H](C4CC4)N2C3)c2cccnc21.O=CO.O=CO. The molecule has 2 N–H and O–H groups in total. The molecule has 0 spiro atoms. The smallest absolute Gasteiger partial charge is 0.290 e. The Morgan fingerprint density at radius 2 is 1.73 bits per heavy atom. The van der Waals surface area contributed by atoms with Crippen LogP contribution in [0.2, 0.25) is 0 Å². The second-order valence-corrected chi connectivity index (χ2v) is 10.0. The Kier molecular flexibility index (Phi) is 7.65. The van der Waals surface area contributed by atoms with Crippen LogP contribution in [-0.4, -0.2) is 74.2 Å². The van der Waals surface area contributed by atoms with Crippen LogP contribution < -0.4 is 0 Å². The van der Waals surface area contributed by atoms with Crippen LogP contribution in [0.5, 0.6) is 0 Å². The molecule has 1 aliphatic carbocycles. The monoisotopic (exact) mass is 456 g/mol. The molecule has 2 aromatic heterocycles. The summed E-state index contributed by atoms with van der Waals surface area (Å²) in [5.41, 5.74) is 2.58. The molecule has 0 unspecified atom stereocenters. The fraction of sp³-hybridized carbons (Fsp3) is 0.640. The summed E-state index contributed by atoms with van der Waals surface area (Å²) in [7, 11) is 2.13. The lowest BCUT2D eigenvalue weighted by atomic mass is 9.74. The van der Waals surface area contributed by atoms with E-state index in [9.17, 15) is 0 Å². The van der Waals surface area contributed by atoms with Crippen LogP contribution in [0.15, 0.2) is 24.5 Å². The van der Waals surface area contributed by atoms with Crippen molar-refractivity contribution in [2.24, 2.45) is 24.8 Å². The number of nitrogens with zero attached hydrogens (tertiary/aromatic N) is 4. The van der Waals surface area contributed by atoms with Gasteiger partial charge in [-0.25, -0.2) is 4.98 Å². The third kappa shape index (κ3) is 5.22. The first-order chi connectivity index (χ1) is 16.1. The Hall–Kier alpha value is -2.45. The van der Waals surface area contributed by atoms with Gasteiger partial charge in [0.15, 0.2) is 0 Å². The lowest BCUT2D eigenvalue weighted by Gasteiger charge is -2.55. The molecule has 2 aromatic rings. The van der Waals surface area contributed by atoms with E-state index >= 15 is 0 Å². The van der Waals surface area contributed by atoms with Crippen LogP contribution >= 0.6 is 0 Å². The van der Waals surface area contributed by atoms with E-state index in [-0.39, 0.29) is 12.9 Å². The molecule has 4 atom stereocenters. The average molecular weight is 457 g/mol. The van der Waals surface area contributed by atoms with Gasteiger partial charge in [-0.1, -0.05) is 6.42 Å². The van der Waals surface area contributed by atoms with Crippen LogP contribution in [0.25, 0.3) is 11.0 Å². The topological polar surface area (TPSA) is 98.9 Å². The Bertz CT molecular complexity index is 938. The Morgan fingerprint density at radius 3 is 2.42 bits per heavy atom. The molecule has 1 saturated carbocycles. The molecule has 8 heteroatoms. The number of hydrogen-bond acceptors (Lipinski definition) is 5. The van der Waals surface area contributed by atoms with Crippen LogP contribution in [0.3, 0.4) is 0 Å². The van der Waals surface area contributed by atoms with Gasteiger partial charge in [0, 0.05) is 63.1 Å². The second-order valence-electron chi connectivity index (χ2n) is 10.0. The lowest BCUT2D eigenvalue weighted by Crippen LogP contribution is -2.61. The normalized spacial score (nSPS) is 29.1. The zero-order chi connectivity index (χ0) is 23.4. The molecule has 6 rings (SSSR count). The Balaban J connectivity index is 0.000000394. The molecule has 3 aliphatic heterocycles. The van der Waals surface area contributed by atoms with Crippen LogP contribution in [0.1, 0.15) is 44.1 Å². The van der Waals surface area contributed by atoms with Gasteiger partial charge in [0.25, 0.3) is 12.9 Å². The van der Waals surface area contributed by atoms with E-state index < -0.39 is 0 Å². The number of likely N-dealkylation sites (tertiary alicyclic amines) is 1. The molecule has 0 aromatic carbocycles. The molecule has 0 radical (unpaired) electrons. The first-order valence-corrected chi connectivity index (χ1v) is 12.1. The molecule has 4 aliphatic rings. The number of aromatic nitrogens is 2. The third-order valence-electron chi connectivity index (χ3n) is 7.89. The summed E-state index contributed by atoms with van der Waals surface area (Å²) in [5.74, 6) is 2.82. The van der Waals surface area contributed by atoms with Gasteiger partial charge < -0.3 is 14.8 Å². The van der Waals surface area contributed by atoms with Gasteiger partial charge in [-0.15, -0.1) is 0 Å². The number of aryl methyl sites for hydroxylation is 1. The van der Waals surface area contributed by atoms with Crippen molar-refractivity contribution in [2.75, 3.05) is 19.6 Å². The summed E-state index contributed by atoms with van der Waals surface area (Å²) >= 11 is 0. The summed E-state index contributed by atoms with van der Waals surface area (Å²) in [6, 6.07) is 6.13. The van der Waals surface area contributed by atoms with E-state index in [4.69, 9.17) is 19.8 Å². The predicted molar refractivity (Wildman–Crippen MR) is 126 cm³/mol. The molecule has 4 fully saturated rings. The van der Waals surface area contributed by atoms with Gasteiger partial charge in [-0.05, 0) is 67.6 Å². The molecule has 0 amide bonds. The first-order valence-electron chi connectivity index (χ1n) is 12.1. The van der Waals surface area contributed by atoms with E-state index in [1.807, 2.05) is 6.20 Å². The number of carboxylic acid groups (broad SMARTS) is 2. The van der Waals surface area contributed by atoms with Gasteiger partial charge >= 0.3 is 0 Å². The predicted octanol–water partition coefficient (Wildman–Crippen LogP) is 3.06. The quantitative estimate of drug-likeness (QED) is 0.685. The number of piperidine rings is 3. The van der Waals surface area contributed by atoms with Crippen molar-refractivity contribution < 1.29 is 19.8 Å². The highest BCUT2D eigenvalue weighted by atomic mass is 16.3. The average Bonchev–Trinajstić information content (AvgIpc) is 3.60. The summed E-state index contributed by atoms with van der Waals surface area (Å²) in [5, 5.41) is 15.1. The van der Waals surface area contributed by atoms with E-state index in [1.165, 1.54) is 69.1 Å². The molecule has 2 bridgehead atoms. The van der Waals surface area contributed by atoms with Crippen molar-refractivity contribution in [1.29, 1.82) is 0 Å². The molecule has 3 saturated heterocycles. The van der Waals surface area contributed by atoms with Crippen molar-refractivity contribution in [3.05, 3.63) is 30.1 Å². The van der Waals surface area contributed by atoms with Gasteiger partial charge in [0.1, 0.15) is 5.65 Å². The summed E-state index contributed by atoms with van der Waals surface area (Å²) in [4.78, 5) is 27.1. The van der Waals surface area contributed by atoms with Crippen molar-refractivity contribution in [1.82, 2.24) is 19.4 Å². The summed E-state index contributed by atoms with van der Waals surface area (Å²) in [6.45, 7) is 4.55. The molecular weight excluding hydrogens is 420 g/mol. The summed E-state index contributed by atoms with van der Waals surface area (Å²) in [6.07, 6.45) is 13.1. The minimum Gasteiger partial charge on any atom is -0.483 e. The molecule has 180 valence electrons. The number of pyridine rings is 1. The Morgan fingerprint density at radius 1 is 1.03 bits per heavy atom. The minimum absolute atomic E-state index is 0.250. The molecular formula is C25H36N4O4. The highest BCUT2D eigenvalue weighted by Crippen LogP contribution is 2.46. The number of fused-ring (bicyclic) bond motifs is 5. The van der Waals surface area contributed by atoms with Gasteiger partial charge in [0.05, 0.1) is 0 Å².